The smallest absolute Gasteiger partial charge is 0.142 e. The molecular weight excluding hydrogens is 292 g/mol. The van der Waals surface area contributed by atoms with Crippen molar-refractivity contribution in [3.8, 4) is 0 Å². The van der Waals surface area contributed by atoms with Crippen LogP contribution in [-0.4, -0.2) is 9.97 Å². The Labute approximate surface area is 116 Å². The molecule has 0 amide bonds. The molecule has 0 atom stereocenters. The Morgan fingerprint density at radius 2 is 2.12 bits per heavy atom. The van der Waals surface area contributed by atoms with E-state index < -0.39 is 0 Å². The minimum atomic E-state index is 0.554. The van der Waals surface area contributed by atoms with Crippen LogP contribution in [0, 0.1) is 0 Å². The van der Waals surface area contributed by atoms with Crippen molar-refractivity contribution < 1.29 is 0 Å². The maximum Gasteiger partial charge on any atom is 0.142 e. The van der Waals surface area contributed by atoms with Crippen LogP contribution < -0.4 is 0 Å². The van der Waals surface area contributed by atoms with Crippen molar-refractivity contribution in [1.29, 1.82) is 0 Å². The number of aromatic nitrogens is 2. The summed E-state index contributed by atoms with van der Waals surface area (Å²) in [6, 6.07) is 6.10. The molecule has 3 aromatic heterocycles. The van der Waals surface area contributed by atoms with E-state index in [9.17, 15) is 0 Å². The van der Waals surface area contributed by atoms with Gasteiger partial charge in [0.15, 0.2) is 0 Å². The SMILES string of the molecule is Clc1nc(CSc2cccs2)nc2sccc12. The second kappa shape index (κ2) is 4.94. The van der Waals surface area contributed by atoms with Crippen LogP contribution in [0.4, 0.5) is 0 Å². The lowest BCUT2D eigenvalue weighted by Gasteiger charge is -2.00. The molecule has 6 heteroatoms. The number of halogens is 1. The van der Waals surface area contributed by atoms with E-state index in [0.717, 1.165) is 21.8 Å². The molecule has 0 aromatic carbocycles. The third-order valence-corrected chi connectivity index (χ3v) is 5.39. The fourth-order valence-corrected chi connectivity index (χ4v) is 4.13. The van der Waals surface area contributed by atoms with E-state index in [2.05, 4.69) is 21.4 Å². The van der Waals surface area contributed by atoms with E-state index in [1.807, 2.05) is 17.5 Å². The second-order valence-corrected chi connectivity index (χ2v) is 6.77. The second-order valence-electron chi connectivity index (χ2n) is 3.29. The van der Waals surface area contributed by atoms with Crippen molar-refractivity contribution in [2.24, 2.45) is 0 Å². The third kappa shape index (κ3) is 2.47. The zero-order valence-electron chi connectivity index (χ0n) is 8.59. The number of thiophene rings is 2. The highest BCUT2D eigenvalue weighted by Crippen LogP contribution is 2.29. The van der Waals surface area contributed by atoms with Crippen LogP contribution in [0.25, 0.3) is 10.2 Å². The normalized spacial score (nSPS) is 11.1. The van der Waals surface area contributed by atoms with Gasteiger partial charge in [-0.3, -0.25) is 0 Å². The summed E-state index contributed by atoms with van der Waals surface area (Å²) in [5.74, 6) is 1.55. The quantitative estimate of drug-likeness (QED) is 0.518. The van der Waals surface area contributed by atoms with Gasteiger partial charge in [-0.05, 0) is 22.9 Å². The lowest BCUT2D eigenvalue weighted by Crippen LogP contribution is -1.92. The average molecular weight is 299 g/mol. The molecule has 0 saturated heterocycles. The van der Waals surface area contributed by atoms with Crippen LogP contribution in [0.3, 0.4) is 0 Å². The minimum Gasteiger partial charge on any atom is -0.221 e. The molecule has 2 nitrogen and oxygen atoms in total. The van der Waals surface area contributed by atoms with Crippen molar-refractivity contribution in [3.63, 3.8) is 0 Å². The zero-order chi connectivity index (χ0) is 11.7. The maximum atomic E-state index is 6.11. The highest BCUT2D eigenvalue weighted by atomic mass is 35.5. The highest BCUT2D eigenvalue weighted by molar-refractivity contribution is 8.00. The van der Waals surface area contributed by atoms with Crippen molar-refractivity contribution >= 4 is 56.3 Å². The predicted octanol–water partition coefficient (Wildman–Crippen LogP) is 4.70. The van der Waals surface area contributed by atoms with E-state index in [-0.39, 0.29) is 0 Å². The van der Waals surface area contributed by atoms with Crippen molar-refractivity contribution in [1.82, 2.24) is 9.97 Å². The van der Waals surface area contributed by atoms with E-state index in [1.165, 1.54) is 4.21 Å². The summed E-state index contributed by atoms with van der Waals surface area (Å²) >= 11 is 11.2. The van der Waals surface area contributed by atoms with Gasteiger partial charge in [0.25, 0.3) is 0 Å². The summed E-state index contributed by atoms with van der Waals surface area (Å²) in [6.45, 7) is 0. The summed E-state index contributed by atoms with van der Waals surface area (Å²) in [5.41, 5.74) is 0. The van der Waals surface area contributed by atoms with Crippen LogP contribution in [-0.2, 0) is 5.75 Å². The van der Waals surface area contributed by atoms with Gasteiger partial charge in [0.1, 0.15) is 15.8 Å². The van der Waals surface area contributed by atoms with E-state index >= 15 is 0 Å². The summed E-state index contributed by atoms with van der Waals surface area (Å²) in [6.07, 6.45) is 0. The van der Waals surface area contributed by atoms with Gasteiger partial charge in [-0.25, -0.2) is 9.97 Å². The number of thioether (sulfide) groups is 1. The number of rotatable bonds is 3. The van der Waals surface area contributed by atoms with Gasteiger partial charge in [0.05, 0.1) is 9.96 Å². The van der Waals surface area contributed by atoms with E-state index in [0.29, 0.717) is 5.15 Å². The fourth-order valence-electron chi connectivity index (χ4n) is 1.41. The molecular formula is C11H7ClN2S3. The topological polar surface area (TPSA) is 25.8 Å². The largest absolute Gasteiger partial charge is 0.221 e. The Morgan fingerprint density at radius 3 is 2.94 bits per heavy atom. The Morgan fingerprint density at radius 1 is 1.18 bits per heavy atom. The van der Waals surface area contributed by atoms with Crippen LogP contribution in [0.2, 0.25) is 5.15 Å². The number of hydrogen-bond donors (Lipinski definition) is 0. The minimum absolute atomic E-state index is 0.554. The number of fused-ring (bicyclic) bond motifs is 1. The molecule has 0 saturated carbocycles. The molecule has 0 aliphatic carbocycles. The van der Waals surface area contributed by atoms with Gasteiger partial charge in [0, 0.05) is 5.39 Å². The Hall–Kier alpha value is -0.620. The van der Waals surface area contributed by atoms with Gasteiger partial charge in [-0.1, -0.05) is 17.7 Å². The Balaban J connectivity index is 1.85. The molecule has 3 heterocycles. The van der Waals surface area contributed by atoms with Crippen molar-refractivity contribution in [2.45, 2.75) is 9.96 Å². The fraction of sp³-hybridized carbons (Fsp3) is 0.0909. The first-order valence-electron chi connectivity index (χ1n) is 4.89. The molecule has 0 spiro atoms. The van der Waals surface area contributed by atoms with E-state index in [4.69, 9.17) is 11.6 Å². The van der Waals surface area contributed by atoms with Crippen LogP contribution >= 0.6 is 46.0 Å². The third-order valence-electron chi connectivity index (χ3n) is 2.16. The summed E-state index contributed by atoms with van der Waals surface area (Å²) in [7, 11) is 0. The zero-order valence-corrected chi connectivity index (χ0v) is 11.8. The first-order valence-corrected chi connectivity index (χ1v) is 8.01. The molecule has 0 aliphatic heterocycles. The molecule has 3 aromatic rings. The lowest BCUT2D eigenvalue weighted by atomic mass is 10.4. The summed E-state index contributed by atoms with van der Waals surface area (Å²) < 4.78 is 1.27. The van der Waals surface area contributed by atoms with Crippen molar-refractivity contribution in [3.05, 3.63) is 39.9 Å². The monoisotopic (exact) mass is 298 g/mol. The van der Waals surface area contributed by atoms with Gasteiger partial charge < -0.3 is 0 Å². The summed E-state index contributed by atoms with van der Waals surface area (Å²) in [4.78, 5) is 9.78. The van der Waals surface area contributed by atoms with E-state index in [1.54, 1.807) is 34.4 Å². The molecule has 0 N–H and O–H groups in total. The van der Waals surface area contributed by atoms with Crippen LogP contribution in [0.15, 0.2) is 33.2 Å². The molecule has 17 heavy (non-hydrogen) atoms. The summed E-state index contributed by atoms with van der Waals surface area (Å²) in [5, 5.41) is 5.56. The molecule has 0 radical (unpaired) electrons. The molecule has 86 valence electrons. The molecule has 0 unspecified atom stereocenters. The van der Waals surface area contributed by atoms with Gasteiger partial charge in [-0.15, -0.1) is 34.4 Å². The van der Waals surface area contributed by atoms with Gasteiger partial charge in [-0.2, -0.15) is 0 Å². The first kappa shape index (κ1) is 11.5. The van der Waals surface area contributed by atoms with Gasteiger partial charge in [0.2, 0.25) is 0 Å². The standard InChI is InChI=1S/C11H7ClN2S3/c12-10-7-3-5-16-11(7)14-8(13-10)6-17-9-2-1-4-15-9/h1-5H,6H2. The number of nitrogens with zero attached hydrogens (tertiary/aromatic N) is 2. The molecule has 0 aliphatic rings. The Bertz CT molecular complexity index is 633. The lowest BCUT2D eigenvalue weighted by molar-refractivity contribution is 1.08. The average Bonchev–Trinajstić information content (AvgIpc) is 2.97. The Kier molecular flexibility index (Phi) is 3.33. The van der Waals surface area contributed by atoms with Gasteiger partial charge >= 0.3 is 0 Å². The maximum absolute atomic E-state index is 6.11. The molecule has 3 rings (SSSR count). The van der Waals surface area contributed by atoms with Crippen LogP contribution in [0.5, 0.6) is 0 Å². The number of hydrogen-bond acceptors (Lipinski definition) is 5. The highest BCUT2D eigenvalue weighted by Gasteiger charge is 2.07. The molecule has 0 fully saturated rings. The van der Waals surface area contributed by atoms with Crippen molar-refractivity contribution in [2.75, 3.05) is 0 Å². The molecule has 0 bridgehead atoms. The predicted molar refractivity (Wildman–Crippen MR) is 76.3 cm³/mol. The van der Waals surface area contributed by atoms with Crippen LogP contribution in [0.1, 0.15) is 5.82 Å². The first-order chi connectivity index (χ1) is 8.33.